The van der Waals surface area contributed by atoms with Crippen molar-refractivity contribution in [2.75, 3.05) is 0 Å². The van der Waals surface area contributed by atoms with E-state index in [4.69, 9.17) is 0 Å². The molecule has 0 saturated carbocycles. The number of fused-ring (bicyclic) bond motifs is 2. The van der Waals surface area contributed by atoms with Gasteiger partial charge in [0.1, 0.15) is 6.10 Å². The van der Waals surface area contributed by atoms with Crippen LogP contribution >= 0.6 is 0 Å². The van der Waals surface area contributed by atoms with Gasteiger partial charge in [-0.05, 0) is 35.4 Å². The van der Waals surface area contributed by atoms with Gasteiger partial charge in [-0.3, -0.25) is 9.36 Å². The third-order valence-electron chi connectivity index (χ3n) is 4.17. The number of nitrogens with zero attached hydrogens (tertiary/aromatic N) is 4. The molecule has 0 unspecified atom stereocenters. The van der Waals surface area contributed by atoms with E-state index in [1.165, 1.54) is 0 Å². The van der Waals surface area contributed by atoms with Crippen LogP contribution in [0.2, 0.25) is 0 Å². The summed E-state index contributed by atoms with van der Waals surface area (Å²) >= 11 is 0. The Bertz CT molecular complexity index is 903. The van der Waals surface area contributed by atoms with E-state index in [1.807, 2.05) is 72.3 Å². The maximum atomic E-state index is 10.7. The van der Waals surface area contributed by atoms with Gasteiger partial charge in [-0.2, -0.15) is 10.2 Å². The van der Waals surface area contributed by atoms with E-state index in [9.17, 15) is 5.11 Å². The van der Waals surface area contributed by atoms with Crippen LogP contribution in [0.25, 0.3) is 21.8 Å². The van der Waals surface area contributed by atoms with E-state index in [-0.39, 0.29) is 0 Å². The van der Waals surface area contributed by atoms with Gasteiger partial charge in [0, 0.05) is 24.9 Å². The lowest BCUT2D eigenvalue weighted by atomic mass is 9.99. The van der Waals surface area contributed by atoms with E-state index >= 15 is 0 Å². The normalized spacial score (nSPS) is 11.8. The number of hydrogen-bond acceptors (Lipinski definition) is 3. The second-order valence-electron chi connectivity index (χ2n) is 5.58. The molecule has 5 heteroatoms. The second kappa shape index (κ2) is 4.68. The number of aryl methyl sites for hydroxylation is 2. The van der Waals surface area contributed by atoms with Crippen LogP contribution in [0, 0.1) is 0 Å². The minimum absolute atomic E-state index is 0.658. The maximum Gasteiger partial charge on any atom is 0.104 e. The monoisotopic (exact) mass is 292 g/mol. The van der Waals surface area contributed by atoms with Crippen LogP contribution in [0.5, 0.6) is 0 Å². The molecular weight excluding hydrogens is 276 g/mol. The third-order valence-corrected chi connectivity index (χ3v) is 4.17. The molecule has 22 heavy (non-hydrogen) atoms. The average molecular weight is 292 g/mol. The highest BCUT2D eigenvalue weighted by atomic mass is 16.3. The molecule has 0 amide bonds. The first-order valence-corrected chi connectivity index (χ1v) is 7.15. The van der Waals surface area contributed by atoms with Gasteiger partial charge in [-0.15, -0.1) is 0 Å². The standard InChI is InChI=1S/C17H16N4O/c1-20-15-5-3-11(7-13(15)9-18-20)17(22)12-4-6-16-14(8-12)10-19-21(16)2/h3-10,17,22H,1-2H3. The van der Waals surface area contributed by atoms with Crippen molar-refractivity contribution in [1.29, 1.82) is 0 Å². The van der Waals surface area contributed by atoms with Gasteiger partial charge < -0.3 is 5.11 Å². The molecule has 2 aromatic heterocycles. The Morgan fingerprint density at radius 1 is 0.818 bits per heavy atom. The zero-order chi connectivity index (χ0) is 15.3. The van der Waals surface area contributed by atoms with Crippen molar-refractivity contribution < 1.29 is 5.11 Å². The molecule has 2 aromatic carbocycles. The molecule has 4 rings (SSSR count). The van der Waals surface area contributed by atoms with Crippen LogP contribution in [0.1, 0.15) is 17.2 Å². The van der Waals surface area contributed by atoms with Crippen LogP contribution < -0.4 is 0 Å². The highest BCUT2D eigenvalue weighted by Gasteiger charge is 2.13. The molecule has 0 saturated heterocycles. The van der Waals surface area contributed by atoms with Gasteiger partial charge in [-0.1, -0.05) is 12.1 Å². The van der Waals surface area contributed by atoms with E-state index in [1.54, 1.807) is 0 Å². The molecule has 0 bridgehead atoms. The van der Waals surface area contributed by atoms with Crippen LogP contribution in [-0.4, -0.2) is 24.7 Å². The molecule has 0 radical (unpaired) electrons. The van der Waals surface area contributed by atoms with Crippen molar-refractivity contribution in [1.82, 2.24) is 19.6 Å². The zero-order valence-electron chi connectivity index (χ0n) is 12.4. The first kappa shape index (κ1) is 13.0. The molecule has 110 valence electrons. The van der Waals surface area contributed by atoms with Gasteiger partial charge in [-0.25, -0.2) is 0 Å². The molecule has 0 aliphatic carbocycles. The van der Waals surface area contributed by atoms with Gasteiger partial charge in [0.15, 0.2) is 0 Å². The molecule has 1 N–H and O–H groups in total. The van der Waals surface area contributed by atoms with Crippen LogP contribution in [0.3, 0.4) is 0 Å². The highest BCUT2D eigenvalue weighted by molar-refractivity contribution is 5.81. The van der Waals surface area contributed by atoms with Gasteiger partial charge >= 0.3 is 0 Å². The Kier molecular flexibility index (Phi) is 2.77. The summed E-state index contributed by atoms with van der Waals surface area (Å²) in [5.74, 6) is 0. The Morgan fingerprint density at radius 2 is 1.27 bits per heavy atom. The fourth-order valence-corrected chi connectivity index (χ4v) is 2.90. The van der Waals surface area contributed by atoms with Crippen molar-refractivity contribution in [3.63, 3.8) is 0 Å². The summed E-state index contributed by atoms with van der Waals surface area (Å²) < 4.78 is 3.65. The first-order chi connectivity index (χ1) is 10.6. The summed E-state index contributed by atoms with van der Waals surface area (Å²) in [6.45, 7) is 0. The third kappa shape index (κ3) is 1.90. The summed E-state index contributed by atoms with van der Waals surface area (Å²) in [6, 6.07) is 11.8. The lowest BCUT2D eigenvalue weighted by molar-refractivity contribution is 0.220. The molecule has 5 nitrogen and oxygen atoms in total. The smallest absolute Gasteiger partial charge is 0.104 e. The number of aromatic nitrogens is 4. The van der Waals surface area contributed by atoms with Gasteiger partial charge in [0.25, 0.3) is 0 Å². The fraction of sp³-hybridized carbons (Fsp3) is 0.176. The van der Waals surface area contributed by atoms with Crippen molar-refractivity contribution in [2.24, 2.45) is 14.1 Å². The van der Waals surface area contributed by atoms with Crippen molar-refractivity contribution in [2.45, 2.75) is 6.10 Å². The molecule has 0 aliphatic rings. The molecule has 0 aliphatic heterocycles. The van der Waals surface area contributed by atoms with Crippen molar-refractivity contribution >= 4 is 21.8 Å². The fourth-order valence-electron chi connectivity index (χ4n) is 2.90. The second-order valence-corrected chi connectivity index (χ2v) is 5.58. The molecule has 0 fully saturated rings. The minimum atomic E-state index is -0.658. The summed E-state index contributed by atoms with van der Waals surface area (Å²) in [5, 5.41) is 21.2. The summed E-state index contributed by atoms with van der Waals surface area (Å²) in [6.07, 6.45) is 2.97. The predicted molar refractivity (Wildman–Crippen MR) is 85.5 cm³/mol. The summed E-state index contributed by atoms with van der Waals surface area (Å²) in [5.41, 5.74) is 3.84. The Balaban J connectivity index is 1.78. The Hall–Kier alpha value is -2.66. The highest BCUT2D eigenvalue weighted by Crippen LogP contribution is 2.27. The van der Waals surface area contributed by atoms with Crippen LogP contribution in [-0.2, 0) is 14.1 Å². The number of aliphatic hydroxyl groups excluding tert-OH is 1. The lowest BCUT2D eigenvalue weighted by Crippen LogP contribution is -2.00. The number of rotatable bonds is 2. The molecular formula is C17H16N4O. The lowest BCUT2D eigenvalue weighted by Gasteiger charge is -2.12. The molecule has 0 spiro atoms. The number of aliphatic hydroxyl groups is 1. The SMILES string of the molecule is Cn1ncc2cc(C(O)c3ccc4c(cnn4C)c3)ccc21. The van der Waals surface area contributed by atoms with Crippen molar-refractivity contribution in [3.8, 4) is 0 Å². The van der Waals surface area contributed by atoms with Crippen LogP contribution in [0.4, 0.5) is 0 Å². The first-order valence-electron chi connectivity index (χ1n) is 7.15. The molecule has 2 heterocycles. The molecule has 0 atom stereocenters. The Morgan fingerprint density at radius 3 is 1.73 bits per heavy atom. The predicted octanol–water partition coefficient (Wildman–Crippen LogP) is 2.54. The Labute approximate surface area is 127 Å². The van der Waals surface area contributed by atoms with E-state index < -0.39 is 6.10 Å². The zero-order valence-corrected chi connectivity index (χ0v) is 12.4. The maximum absolute atomic E-state index is 10.7. The number of benzene rings is 2. The number of hydrogen-bond donors (Lipinski definition) is 1. The van der Waals surface area contributed by atoms with Gasteiger partial charge in [0.05, 0.1) is 23.4 Å². The largest absolute Gasteiger partial charge is 0.384 e. The average Bonchev–Trinajstić information content (AvgIpc) is 3.10. The van der Waals surface area contributed by atoms with E-state index in [0.717, 1.165) is 32.9 Å². The van der Waals surface area contributed by atoms with Crippen LogP contribution in [0.15, 0.2) is 48.8 Å². The van der Waals surface area contributed by atoms with E-state index in [2.05, 4.69) is 10.2 Å². The molecule has 4 aromatic rings. The van der Waals surface area contributed by atoms with E-state index in [0.29, 0.717) is 0 Å². The topological polar surface area (TPSA) is 55.9 Å². The quantitative estimate of drug-likeness (QED) is 0.617. The van der Waals surface area contributed by atoms with Gasteiger partial charge in [0.2, 0.25) is 0 Å². The van der Waals surface area contributed by atoms with Crippen molar-refractivity contribution in [3.05, 3.63) is 59.9 Å². The minimum Gasteiger partial charge on any atom is -0.384 e. The summed E-state index contributed by atoms with van der Waals surface area (Å²) in [7, 11) is 3.82. The summed E-state index contributed by atoms with van der Waals surface area (Å²) in [4.78, 5) is 0.